The van der Waals surface area contributed by atoms with E-state index in [-0.39, 0.29) is 19.0 Å². The predicted octanol–water partition coefficient (Wildman–Crippen LogP) is 3.62. The Bertz CT molecular complexity index is 1390. The second-order valence-corrected chi connectivity index (χ2v) is 11.9. The number of carbonyl (C=O) groups excluding carboxylic acids is 1. The third kappa shape index (κ3) is 5.12. The molecule has 2 aromatic carbocycles. The Morgan fingerprint density at radius 2 is 1.97 bits per heavy atom. The first kappa shape index (κ1) is 24.3. The van der Waals surface area contributed by atoms with Crippen LogP contribution in [-0.4, -0.2) is 50.2 Å². The smallest absolute Gasteiger partial charge is 0.454 e. The van der Waals surface area contributed by atoms with Gasteiger partial charge in [-0.3, -0.25) is 4.79 Å². The SMILES string of the molecule is CS(=O)(=O)N(Cc1cc2oc(-c3ccc(Cl)cc3)c(C(N)=O)c2cc1C1CC1)CC1COB(O)C1. The van der Waals surface area contributed by atoms with Crippen LogP contribution in [0.4, 0.5) is 0 Å². The number of hydrogen-bond donors (Lipinski definition) is 2. The molecule has 0 bridgehead atoms. The number of nitrogens with two attached hydrogens (primary N) is 1. The van der Waals surface area contributed by atoms with Gasteiger partial charge in [0.2, 0.25) is 10.0 Å². The first-order valence-electron chi connectivity index (χ1n) is 11.5. The zero-order valence-electron chi connectivity index (χ0n) is 19.2. The summed E-state index contributed by atoms with van der Waals surface area (Å²) in [7, 11) is -4.39. The molecule has 1 saturated carbocycles. The summed E-state index contributed by atoms with van der Waals surface area (Å²) in [5, 5.41) is 10.9. The van der Waals surface area contributed by atoms with Crippen molar-refractivity contribution in [1.82, 2.24) is 4.31 Å². The molecule has 1 saturated heterocycles. The van der Waals surface area contributed by atoms with Crippen LogP contribution in [0, 0.1) is 5.92 Å². The van der Waals surface area contributed by atoms with Crippen molar-refractivity contribution in [2.24, 2.45) is 11.7 Å². The van der Waals surface area contributed by atoms with Gasteiger partial charge in [0.05, 0.1) is 11.8 Å². The number of hydrogen-bond acceptors (Lipinski definition) is 6. The first-order valence-corrected chi connectivity index (χ1v) is 13.7. The summed E-state index contributed by atoms with van der Waals surface area (Å²) in [4.78, 5) is 12.5. The van der Waals surface area contributed by atoms with Crippen LogP contribution < -0.4 is 5.73 Å². The number of nitrogens with zero attached hydrogens (tertiary/aromatic N) is 1. The number of carbonyl (C=O) groups is 1. The van der Waals surface area contributed by atoms with Gasteiger partial charge in [0.15, 0.2) is 0 Å². The topological polar surface area (TPSA) is 123 Å². The molecule has 2 heterocycles. The highest BCUT2D eigenvalue weighted by Crippen LogP contribution is 2.45. The summed E-state index contributed by atoms with van der Waals surface area (Å²) in [5.41, 5.74) is 9.04. The molecule has 1 aromatic heterocycles. The number of furan rings is 1. The van der Waals surface area contributed by atoms with Crippen LogP contribution in [0.3, 0.4) is 0 Å². The fraction of sp³-hybridized carbons (Fsp3) is 0.375. The molecule has 8 nitrogen and oxygen atoms in total. The summed E-state index contributed by atoms with van der Waals surface area (Å²) in [6.45, 7) is 0.723. The van der Waals surface area contributed by atoms with Crippen LogP contribution in [0.25, 0.3) is 22.3 Å². The van der Waals surface area contributed by atoms with Crippen molar-refractivity contribution in [2.75, 3.05) is 19.4 Å². The lowest BCUT2D eigenvalue weighted by Crippen LogP contribution is -2.34. The zero-order valence-corrected chi connectivity index (χ0v) is 20.8. The lowest BCUT2D eigenvalue weighted by atomic mass is 9.82. The lowest BCUT2D eigenvalue weighted by Gasteiger charge is -2.24. The van der Waals surface area contributed by atoms with E-state index in [9.17, 15) is 18.2 Å². The van der Waals surface area contributed by atoms with Gasteiger partial charge in [-0.2, -0.15) is 4.31 Å². The molecule has 2 fully saturated rings. The maximum Gasteiger partial charge on any atom is 0.454 e. The largest absolute Gasteiger partial charge is 0.455 e. The van der Waals surface area contributed by atoms with Gasteiger partial charge < -0.3 is 19.8 Å². The van der Waals surface area contributed by atoms with Crippen LogP contribution in [0.1, 0.15) is 40.2 Å². The molecule has 1 aliphatic heterocycles. The van der Waals surface area contributed by atoms with Gasteiger partial charge in [-0.25, -0.2) is 8.42 Å². The maximum absolute atomic E-state index is 12.7. The normalized spacial score (nSPS) is 18.6. The third-order valence-electron chi connectivity index (χ3n) is 6.66. The van der Waals surface area contributed by atoms with Gasteiger partial charge in [0.1, 0.15) is 11.3 Å². The molecule has 1 unspecified atom stereocenters. The summed E-state index contributed by atoms with van der Waals surface area (Å²) in [6, 6.07) is 10.7. The number of benzene rings is 2. The van der Waals surface area contributed by atoms with Crippen molar-refractivity contribution in [3.8, 4) is 11.3 Å². The van der Waals surface area contributed by atoms with Crippen molar-refractivity contribution < 1.29 is 27.3 Å². The molecule has 11 heteroatoms. The molecule has 1 aliphatic carbocycles. The van der Waals surface area contributed by atoms with Crippen LogP contribution in [0.15, 0.2) is 40.8 Å². The van der Waals surface area contributed by atoms with Gasteiger partial charge in [-0.1, -0.05) is 11.6 Å². The van der Waals surface area contributed by atoms with E-state index in [2.05, 4.69) is 0 Å². The van der Waals surface area contributed by atoms with E-state index in [1.165, 1.54) is 10.6 Å². The Hall–Kier alpha value is -2.37. The summed E-state index contributed by atoms with van der Waals surface area (Å²) in [6.07, 6.45) is 3.57. The minimum absolute atomic E-state index is 0.0885. The average Bonchev–Trinajstić information content (AvgIpc) is 3.44. The van der Waals surface area contributed by atoms with Gasteiger partial charge in [-0.05, 0) is 78.5 Å². The summed E-state index contributed by atoms with van der Waals surface area (Å²) < 4.78 is 38.1. The second kappa shape index (κ2) is 9.26. The van der Waals surface area contributed by atoms with E-state index in [1.54, 1.807) is 24.3 Å². The lowest BCUT2D eigenvalue weighted by molar-refractivity contribution is 0.100. The van der Waals surface area contributed by atoms with Crippen LogP contribution >= 0.6 is 11.6 Å². The van der Waals surface area contributed by atoms with Crippen molar-refractivity contribution in [2.45, 2.75) is 31.6 Å². The van der Waals surface area contributed by atoms with Crippen molar-refractivity contribution in [3.63, 3.8) is 0 Å². The fourth-order valence-electron chi connectivity index (χ4n) is 4.75. The Balaban J connectivity index is 1.58. The van der Waals surface area contributed by atoms with E-state index < -0.39 is 23.0 Å². The minimum atomic E-state index is -3.53. The van der Waals surface area contributed by atoms with Gasteiger partial charge in [0.25, 0.3) is 5.91 Å². The molecule has 0 spiro atoms. The molecule has 184 valence electrons. The Labute approximate surface area is 209 Å². The first-order chi connectivity index (χ1) is 16.6. The van der Waals surface area contributed by atoms with Crippen LogP contribution in [0.2, 0.25) is 11.3 Å². The maximum atomic E-state index is 12.7. The highest BCUT2D eigenvalue weighted by atomic mass is 35.5. The monoisotopic (exact) mass is 516 g/mol. The number of primary amides is 1. The molecular formula is C24H26BClN2O6S. The summed E-state index contributed by atoms with van der Waals surface area (Å²) >= 11 is 6.02. The van der Waals surface area contributed by atoms with Crippen molar-refractivity contribution >= 4 is 45.6 Å². The minimum Gasteiger partial charge on any atom is -0.455 e. The Kier molecular flexibility index (Phi) is 6.44. The standard InChI is InChI=1S/C24H26BClN2O6S/c1-35(31,32)28(11-14-10-25(30)33-13-14)12-17-8-21-20(9-19(17)15-2-3-15)22(24(27)29)23(34-21)16-4-6-18(26)7-5-16/h4-9,14-15,30H,2-3,10-13H2,1H3,(H2,27,29). The fourth-order valence-corrected chi connectivity index (χ4v) is 5.73. The van der Waals surface area contributed by atoms with Gasteiger partial charge >= 0.3 is 7.12 Å². The second-order valence-electron chi connectivity index (χ2n) is 9.44. The molecule has 1 atom stereocenters. The number of fused-ring (bicyclic) bond motifs is 1. The molecule has 1 amide bonds. The highest BCUT2D eigenvalue weighted by molar-refractivity contribution is 7.88. The van der Waals surface area contributed by atoms with E-state index in [4.69, 9.17) is 26.4 Å². The predicted molar refractivity (Wildman–Crippen MR) is 135 cm³/mol. The highest BCUT2D eigenvalue weighted by Gasteiger charge is 2.34. The molecule has 0 radical (unpaired) electrons. The number of rotatable bonds is 8. The van der Waals surface area contributed by atoms with Gasteiger partial charge in [-0.15, -0.1) is 0 Å². The van der Waals surface area contributed by atoms with E-state index in [1.807, 2.05) is 12.1 Å². The van der Waals surface area contributed by atoms with Crippen LogP contribution in [-0.2, 0) is 21.2 Å². The molecule has 35 heavy (non-hydrogen) atoms. The van der Waals surface area contributed by atoms with E-state index in [0.29, 0.717) is 51.7 Å². The van der Waals surface area contributed by atoms with E-state index in [0.717, 1.165) is 24.0 Å². The Morgan fingerprint density at radius 1 is 1.26 bits per heavy atom. The number of sulfonamides is 1. The van der Waals surface area contributed by atoms with E-state index >= 15 is 0 Å². The van der Waals surface area contributed by atoms with Crippen molar-refractivity contribution in [1.29, 1.82) is 0 Å². The summed E-state index contributed by atoms with van der Waals surface area (Å²) in [5.74, 6) is -0.0302. The quantitative estimate of drug-likeness (QED) is 0.441. The van der Waals surface area contributed by atoms with Crippen LogP contribution in [0.5, 0.6) is 0 Å². The van der Waals surface area contributed by atoms with Crippen molar-refractivity contribution in [3.05, 3.63) is 58.1 Å². The average molecular weight is 517 g/mol. The molecule has 3 aromatic rings. The third-order valence-corrected chi connectivity index (χ3v) is 8.12. The molecule has 3 N–H and O–H groups in total. The molecule has 5 rings (SSSR count). The molecular weight excluding hydrogens is 491 g/mol. The Morgan fingerprint density at radius 3 is 2.54 bits per heavy atom. The van der Waals surface area contributed by atoms with Gasteiger partial charge in [0, 0.05) is 35.7 Å². The number of halogens is 1. The number of amides is 1. The zero-order chi connectivity index (χ0) is 24.9. The molecule has 2 aliphatic rings.